The maximum Gasteiger partial charge on any atom is 0.318 e. The number of benzene rings is 1. The summed E-state index contributed by atoms with van der Waals surface area (Å²) in [5.74, 6) is 0.316. The number of nitrogens with one attached hydrogen (secondary N) is 2. The largest absolute Gasteiger partial charge is 0.377 e. The summed E-state index contributed by atoms with van der Waals surface area (Å²) >= 11 is 0. The van der Waals surface area contributed by atoms with Gasteiger partial charge in [0.25, 0.3) is 0 Å². The molecule has 6 nitrogen and oxygen atoms in total. The third kappa shape index (κ3) is 8.19. The lowest BCUT2D eigenvalue weighted by Crippen LogP contribution is -2.48. The van der Waals surface area contributed by atoms with Gasteiger partial charge in [-0.2, -0.15) is 0 Å². The van der Waals surface area contributed by atoms with Gasteiger partial charge in [0.05, 0.1) is 0 Å². The van der Waals surface area contributed by atoms with Crippen LogP contribution in [0, 0.1) is 5.92 Å². The van der Waals surface area contributed by atoms with E-state index in [0.29, 0.717) is 25.4 Å². The van der Waals surface area contributed by atoms with Gasteiger partial charge in [-0.3, -0.25) is 4.79 Å². The topological polar surface area (TPSA) is 64.7 Å². The minimum atomic E-state index is -0.292. The molecule has 0 unspecified atom stereocenters. The van der Waals surface area contributed by atoms with Gasteiger partial charge in [-0.15, -0.1) is 0 Å². The van der Waals surface area contributed by atoms with Crippen molar-refractivity contribution < 1.29 is 9.59 Å². The Morgan fingerprint density at radius 1 is 1.14 bits per heavy atom. The molecule has 0 spiro atoms. The molecule has 0 fully saturated rings. The second kappa shape index (κ2) is 10.3. The number of urea groups is 1. The molecule has 1 aromatic carbocycles. The van der Waals surface area contributed by atoms with Crippen molar-refractivity contribution in [3.8, 4) is 0 Å². The third-order valence-corrected chi connectivity index (χ3v) is 4.06. The van der Waals surface area contributed by atoms with Crippen LogP contribution in [0.2, 0.25) is 0 Å². The smallest absolute Gasteiger partial charge is 0.318 e. The van der Waals surface area contributed by atoms with Gasteiger partial charge in [0, 0.05) is 50.5 Å². The van der Waals surface area contributed by atoms with Gasteiger partial charge in [0.2, 0.25) is 5.91 Å². The predicted octanol–water partition coefficient (Wildman–Crippen LogP) is 4.46. The zero-order valence-electron chi connectivity index (χ0n) is 18.8. The molecular formula is C22H38N4O2. The molecule has 0 aliphatic heterocycles. The van der Waals surface area contributed by atoms with Crippen LogP contribution < -0.4 is 15.5 Å². The van der Waals surface area contributed by atoms with Gasteiger partial charge < -0.3 is 20.4 Å². The molecule has 0 heterocycles. The maximum atomic E-state index is 12.7. The van der Waals surface area contributed by atoms with Gasteiger partial charge in [-0.25, -0.2) is 4.79 Å². The summed E-state index contributed by atoms with van der Waals surface area (Å²) in [4.78, 5) is 28.8. The van der Waals surface area contributed by atoms with E-state index in [9.17, 15) is 9.59 Å². The lowest BCUT2D eigenvalue weighted by Gasteiger charge is -2.30. The Hall–Kier alpha value is -2.24. The lowest BCUT2D eigenvalue weighted by atomic mass is 10.1. The van der Waals surface area contributed by atoms with E-state index in [4.69, 9.17) is 0 Å². The molecule has 2 N–H and O–H groups in total. The fourth-order valence-electron chi connectivity index (χ4n) is 2.94. The molecule has 3 amide bonds. The van der Waals surface area contributed by atoms with Crippen molar-refractivity contribution in [2.75, 3.05) is 30.9 Å². The van der Waals surface area contributed by atoms with Crippen molar-refractivity contribution in [2.24, 2.45) is 5.92 Å². The quantitative estimate of drug-likeness (QED) is 0.689. The Morgan fingerprint density at radius 2 is 1.79 bits per heavy atom. The molecule has 0 bridgehead atoms. The van der Waals surface area contributed by atoms with E-state index in [1.54, 1.807) is 0 Å². The SMILES string of the molecule is CCCN(Cc1cc(NC(=O)CC(C)C)ccc1N(C)C)C(=O)NC(C)(C)C. The first-order valence-electron chi connectivity index (χ1n) is 10.1. The van der Waals surface area contributed by atoms with Crippen LogP contribution in [-0.4, -0.2) is 43.0 Å². The molecule has 28 heavy (non-hydrogen) atoms. The molecular weight excluding hydrogens is 352 g/mol. The van der Waals surface area contributed by atoms with Crippen LogP contribution in [0.4, 0.5) is 16.2 Å². The molecule has 1 rings (SSSR count). The standard InChI is InChI=1S/C22H38N4O2/c1-9-12-26(21(28)24-22(4,5)6)15-17-14-18(10-11-19(17)25(7)8)23-20(27)13-16(2)3/h10-11,14,16H,9,12-13,15H2,1-8H3,(H,23,27)(H,24,28). The highest BCUT2D eigenvalue weighted by Gasteiger charge is 2.21. The summed E-state index contributed by atoms with van der Waals surface area (Å²) in [7, 11) is 3.96. The molecule has 0 aliphatic carbocycles. The number of hydrogen-bond acceptors (Lipinski definition) is 3. The van der Waals surface area contributed by atoms with Crippen molar-refractivity contribution >= 4 is 23.3 Å². The normalized spacial score (nSPS) is 11.3. The molecule has 0 atom stereocenters. The molecule has 0 aliphatic rings. The minimum Gasteiger partial charge on any atom is -0.377 e. The highest BCUT2D eigenvalue weighted by molar-refractivity contribution is 5.91. The minimum absolute atomic E-state index is 0.00874. The van der Waals surface area contributed by atoms with E-state index in [0.717, 1.165) is 23.4 Å². The Kier molecular flexibility index (Phi) is 8.79. The molecule has 0 aromatic heterocycles. The van der Waals surface area contributed by atoms with E-state index < -0.39 is 0 Å². The summed E-state index contributed by atoms with van der Waals surface area (Å²) < 4.78 is 0. The van der Waals surface area contributed by atoms with Crippen molar-refractivity contribution in [2.45, 2.75) is 66.5 Å². The highest BCUT2D eigenvalue weighted by atomic mass is 16.2. The predicted molar refractivity (Wildman–Crippen MR) is 118 cm³/mol. The number of carbonyl (C=O) groups excluding carboxylic acids is 2. The van der Waals surface area contributed by atoms with E-state index >= 15 is 0 Å². The summed E-state index contributed by atoms with van der Waals surface area (Å²) in [5.41, 5.74) is 2.51. The average molecular weight is 391 g/mol. The first kappa shape index (κ1) is 23.8. The number of nitrogens with zero attached hydrogens (tertiary/aromatic N) is 2. The zero-order chi connectivity index (χ0) is 21.5. The van der Waals surface area contributed by atoms with E-state index in [-0.39, 0.29) is 17.5 Å². The number of amides is 3. The van der Waals surface area contributed by atoms with Crippen LogP contribution in [0.3, 0.4) is 0 Å². The number of rotatable bonds is 8. The second-order valence-electron chi connectivity index (χ2n) is 8.99. The lowest BCUT2D eigenvalue weighted by molar-refractivity contribution is -0.116. The third-order valence-electron chi connectivity index (χ3n) is 4.06. The number of carbonyl (C=O) groups is 2. The van der Waals surface area contributed by atoms with Crippen molar-refractivity contribution in [1.29, 1.82) is 0 Å². The van der Waals surface area contributed by atoms with Crippen LogP contribution in [0.1, 0.15) is 59.9 Å². The molecule has 158 valence electrons. The van der Waals surface area contributed by atoms with Gasteiger partial charge in [-0.1, -0.05) is 20.8 Å². The van der Waals surface area contributed by atoms with E-state index in [1.807, 2.05) is 76.7 Å². The Labute approximate surface area is 170 Å². The molecule has 1 aromatic rings. The monoisotopic (exact) mass is 390 g/mol. The van der Waals surface area contributed by atoms with Gasteiger partial charge in [0.1, 0.15) is 0 Å². The molecule has 6 heteroatoms. The molecule has 0 saturated carbocycles. The number of anilines is 2. The van der Waals surface area contributed by atoms with E-state index in [1.165, 1.54) is 0 Å². The summed E-state index contributed by atoms with van der Waals surface area (Å²) in [6.07, 6.45) is 1.36. The van der Waals surface area contributed by atoms with Crippen LogP contribution in [0.25, 0.3) is 0 Å². The molecule has 0 saturated heterocycles. The molecule has 0 radical (unpaired) electrons. The fourth-order valence-corrected chi connectivity index (χ4v) is 2.94. The van der Waals surface area contributed by atoms with Gasteiger partial charge in [0.15, 0.2) is 0 Å². The highest BCUT2D eigenvalue weighted by Crippen LogP contribution is 2.25. The van der Waals surface area contributed by atoms with Gasteiger partial charge >= 0.3 is 6.03 Å². The Morgan fingerprint density at radius 3 is 2.29 bits per heavy atom. The van der Waals surface area contributed by atoms with E-state index in [2.05, 4.69) is 17.6 Å². The second-order valence-corrected chi connectivity index (χ2v) is 8.99. The van der Waals surface area contributed by atoms with Crippen molar-refractivity contribution in [3.63, 3.8) is 0 Å². The average Bonchev–Trinajstić information content (AvgIpc) is 2.51. The van der Waals surface area contributed by atoms with Gasteiger partial charge in [-0.05, 0) is 56.9 Å². The number of hydrogen-bond donors (Lipinski definition) is 2. The maximum absolute atomic E-state index is 12.7. The van der Waals surface area contributed by atoms with Crippen LogP contribution >= 0.6 is 0 Å². The fraction of sp³-hybridized carbons (Fsp3) is 0.636. The first-order valence-corrected chi connectivity index (χ1v) is 10.1. The summed E-state index contributed by atoms with van der Waals surface area (Å²) in [6.45, 7) is 13.2. The Bertz CT molecular complexity index is 663. The van der Waals surface area contributed by atoms with Crippen LogP contribution in [0.5, 0.6) is 0 Å². The zero-order valence-corrected chi connectivity index (χ0v) is 18.8. The first-order chi connectivity index (χ1) is 12.9. The Balaban J connectivity index is 3.10. The van der Waals surface area contributed by atoms with Crippen molar-refractivity contribution in [3.05, 3.63) is 23.8 Å². The summed E-state index contributed by atoms with van der Waals surface area (Å²) in [5, 5.41) is 6.02. The van der Waals surface area contributed by atoms with Crippen LogP contribution in [-0.2, 0) is 11.3 Å². The van der Waals surface area contributed by atoms with Crippen LogP contribution in [0.15, 0.2) is 18.2 Å². The summed E-state index contributed by atoms with van der Waals surface area (Å²) in [6, 6.07) is 5.80. The van der Waals surface area contributed by atoms with Crippen molar-refractivity contribution in [1.82, 2.24) is 10.2 Å².